The minimum absolute atomic E-state index is 0.0751. The Morgan fingerprint density at radius 1 is 1.50 bits per heavy atom. The van der Waals surface area contributed by atoms with Gasteiger partial charge >= 0.3 is 5.97 Å². The minimum atomic E-state index is -0.969. The highest BCUT2D eigenvalue weighted by Crippen LogP contribution is 2.42. The predicted molar refractivity (Wildman–Crippen MR) is 58.7 cm³/mol. The van der Waals surface area contributed by atoms with Crippen LogP contribution in [-0.2, 0) is 9.53 Å². The monoisotopic (exact) mass is 288 g/mol. The first kappa shape index (κ1) is 11.4. The summed E-state index contributed by atoms with van der Waals surface area (Å²) in [6.07, 6.45) is 1.13. The number of halogens is 2. The highest BCUT2D eigenvalue weighted by molar-refractivity contribution is 9.10. The highest BCUT2D eigenvalue weighted by Gasteiger charge is 2.54. The van der Waals surface area contributed by atoms with E-state index in [0.717, 1.165) is 0 Å². The number of esters is 1. The summed E-state index contributed by atoms with van der Waals surface area (Å²) >= 11 is 3.15. The molecule has 3 nitrogen and oxygen atoms in total. The zero-order valence-corrected chi connectivity index (χ0v) is 10.2. The van der Waals surface area contributed by atoms with Crippen LogP contribution < -0.4 is 4.74 Å². The zero-order valence-electron chi connectivity index (χ0n) is 8.63. The number of hydrogen-bond acceptors (Lipinski definition) is 3. The normalized spacial score (nSPS) is 16.7. The fourth-order valence-corrected chi connectivity index (χ4v) is 1.75. The van der Waals surface area contributed by atoms with E-state index in [1.807, 2.05) is 0 Å². The van der Waals surface area contributed by atoms with E-state index in [0.29, 0.717) is 17.3 Å². The van der Waals surface area contributed by atoms with Crippen molar-refractivity contribution in [3.63, 3.8) is 0 Å². The molecule has 5 heteroatoms. The molecule has 0 unspecified atom stereocenters. The van der Waals surface area contributed by atoms with Crippen LogP contribution in [0.5, 0.6) is 5.75 Å². The number of methoxy groups -OCH3 is 1. The van der Waals surface area contributed by atoms with Crippen molar-refractivity contribution < 1.29 is 18.7 Å². The van der Waals surface area contributed by atoms with Gasteiger partial charge in [0.2, 0.25) is 5.60 Å². The first-order valence-electron chi connectivity index (χ1n) is 4.80. The van der Waals surface area contributed by atoms with Crippen molar-refractivity contribution in [3.8, 4) is 5.75 Å². The third-order valence-electron chi connectivity index (χ3n) is 2.46. The van der Waals surface area contributed by atoms with Crippen molar-refractivity contribution in [3.05, 3.63) is 28.5 Å². The molecule has 1 saturated carbocycles. The molecular formula is C11H10BrFO3. The maximum atomic E-state index is 13.5. The number of ether oxygens (including phenoxy) is 2. The lowest BCUT2D eigenvalue weighted by Gasteiger charge is -2.15. The van der Waals surface area contributed by atoms with Crippen LogP contribution in [0, 0.1) is 5.82 Å². The summed E-state index contributed by atoms with van der Waals surface area (Å²) in [5, 5.41) is 0. The molecule has 0 aliphatic heterocycles. The molecule has 0 heterocycles. The molecule has 1 fully saturated rings. The van der Waals surface area contributed by atoms with Gasteiger partial charge in [0.05, 0.1) is 7.11 Å². The fourth-order valence-electron chi connectivity index (χ4n) is 1.42. The van der Waals surface area contributed by atoms with Crippen LogP contribution >= 0.6 is 15.9 Å². The zero-order chi connectivity index (χ0) is 11.8. The van der Waals surface area contributed by atoms with Gasteiger partial charge < -0.3 is 9.47 Å². The summed E-state index contributed by atoms with van der Waals surface area (Å²) < 4.78 is 24.1. The summed E-state index contributed by atoms with van der Waals surface area (Å²) in [7, 11) is 1.30. The second kappa shape index (κ2) is 4.05. The second-order valence-corrected chi connectivity index (χ2v) is 4.58. The highest BCUT2D eigenvalue weighted by atomic mass is 79.9. The van der Waals surface area contributed by atoms with Gasteiger partial charge in [0.15, 0.2) is 11.6 Å². The number of benzene rings is 1. The molecule has 1 aromatic rings. The van der Waals surface area contributed by atoms with Crippen molar-refractivity contribution in [2.45, 2.75) is 18.4 Å². The molecular weight excluding hydrogens is 279 g/mol. The summed E-state index contributed by atoms with van der Waals surface area (Å²) in [5.74, 6) is -0.870. The molecule has 0 spiro atoms. The van der Waals surface area contributed by atoms with Crippen LogP contribution in [0.1, 0.15) is 12.8 Å². The van der Waals surface area contributed by atoms with Gasteiger partial charge in [-0.1, -0.05) is 15.9 Å². The van der Waals surface area contributed by atoms with Gasteiger partial charge in [-0.15, -0.1) is 0 Å². The van der Waals surface area contributed by atoms with Crippen LogP contribution in [0.15, 0.2) is 22.7 Å². The topological polar surface area (TPSA) is 35.5 Å². The molecule has 0 radical (unpaired) electrons. The van der Waals surface area contributed by atoms with Crippen LogP contribution in [0.2, 0.25) is 0 Å². The van der Waals surface area contributed by atoms with Gasteiger partial charge in [-0.3, -0.25) is 0 Å². The van der Waals surface area contributed by atoms with E-state index in [4.69, 9.17) is 4.74 Å². The Bertz CT molecular complexity index is 429. The lowest BCUT2D eigenvalue weighted by molar-refractivity contribution is -0.151. The fraction of sp³-hybridized carbons (Fsp3) is 0.364. The third kappa shape index (κ3) is 2.04. The van der Waals surface area contributed by atoms with Crippen LogP contribution in [0.25, 0.3) is 0 Å². The van der Waals surface area contributed by atoms with Crippen molar-refractivity contribution in [1.82, 2.24) is 0 Å². The van der Waals surface area contributed by atoms with Crippen LogP contribution in [-0.4, -0.2) is 18.7 Å². The van der Waals surface area contributed by atoms with E-state index in [2.05, 4.69) is 20.7 Å². The standard InChI is InChI=1S/C11H10BrFO3/c1-15-10(14)11(4-5-11)16-9-3-2-7(12)6-8(9)13/h2-3,6H,4-5H2,1H3. The van der Waals surface area contributed by atoms with Crippen LogP contribution in [0.4, 0.5) is 4.39 Å². The van der Waals surface area contributed by atoms with Gasteiger partial charge in [-0.25, -0.2) is 9.18 Å². The molecule has 0 bridgehead atoms. The van der Waals surface area contributed by atoms with Crippen LogP contribution in [0.3, 0.4) is 0 Å². The molecule has 0 atom stereocenters. The molecule has 0 amide bonds. The largest absolute Gasteiger partial charge is 0.472 e. The SMILES string of the molecule is COC(=O)C1(Oc2ccc(Br)cc2F)CC1. The Hall–Kier alpha value is -1.10. The number of carbonyl (C=O) groups is 1. The Balaban J connectivity index is 2.18. The van der Waals surface area contributed by atoms with E-state index < -0.39 is 17.4 Å². The molecule has 16 heavy (non-hydrogen) atoms. The predicted octanol–water partition coefficient (Wildman–Crippen LogP) is 2.67. The minimum Gasteiger partial charge on any atom is -0.472 e. The number of rotatable bonds is 3. The number of hydrogen-bond donors (Lipinski definition) is 0. The Labute approximate surface area is 101 Å². The molecule has 86 valence electrons. The Morgan fingerprint density at radius 2 is 2.19 bits per heavy atom. The van der Waals surface area contributed by atoms with Gasteiger partial charge in [-0.2, -0.15) is 0 Å². The summed E-state index contributed by atoms with van der Waals surface area (Å²) in [6, 6.07) is 4.44. The molecule has 1 aliphatic rings. The maximum absolute atomic E-state index is 13.5. The van der Waals surface area contributed by atoms with Crippen molar-refractivity contribution in [2.75, 3.05) is 7.11 Å². The van der Waals surface area contributed by atoms with Crippen molar-refractivity contribution in [2.24, 2.45) is 0 Å². The van der Waals surface area contributed by atoms with E-state index in [1.54, 1.807) is 6.07 Å². The Morgan fingerprint density at radius 3 is 2.69 bits per heavy atom. The molecule has 0 N–H and O–H groups in total. The molecule has 1 aromatic carbocycles. The van der Waals surface area contributed by atoms with Gasteiger partial charge in [-0.05, 0) is 18.2 Å². The molecule has 1 aliphatic carbocycles. The average Bonchev–Trinajstić information content (AvgIpc) is 3.02. The van der Waals surface area contributed by atoms with Gasteiger partial charge in [0, 0.05) is 17.3 Å². The molecule has 0 aromatic heterocycles. The van der Waals surface area contributed by atoms with E-state index in [-0.39, 0.29) is 5.75 Å². The second-order valence-electron chi connectivity index (χ2n) is 3.66. The quantitative estimate of drug-likeness (QED) is 0.802. The molecule has 2 rings (SSSR count). The number of carbonyl (C=O) groups excluding carboxylic acids is 1. The van der Waals surface area contributed by atoms with E-state index in [9.17, 15) is 9.18 Å². The van der Waals surface area contributed by atoms with Crippen molar-refractivity contribution >= 4 is 21.9 Å². The lowest BCUT2D eigenvalue weighted by atomic mass is 10.3. The molecule has 0 saturated heterocycles. The lowest BCUT2D eigenvalue weighted by Crippen LogP contribution is -2.31. The maximum Gasteiger partial charge on any atom is 0.350 e. The first-order chi connectivity index (χ1) is 7.57. The summed E-state index contributed by atoms with van der Waals surface area (Å²) in [4.78, 5) is 11.4. The van der Waals surface area contributed by atoms with Crippen molar-refractivity contribution in [1.29, 1.82) is 0 Å². The smallest absolute Gasteiger partial charge is 0.350 e. The summed E-state index contributed by atoms with van der Waals surface area (Å²) in [5.41, 5.74) is -0.969. The van der Waals surface area contributed by atoms with E-state index in [1.165, 1.54) is 19.2 Å². The summed E-state index contributed by atoms with van der Waals surface area (Å²) in [6.45, 7) is 0. The van der Waals surface area contributed by atoms with E-state index >= 15 is 0 Å². The third-order valence-corrected chi connectivity index (χ3v) is 2.95. The van der Waals surface area contributed by atoms with Gasteiger partial charge in [0.25, 0.3) is 0 Å². The van der Waals surface area contributed by atoms with Gasteiger partial charge in [0.1, 0.15) is 0 Å². The Kier molecular flexibility index (Phi) is 2.88. The average molecular weight is 289 g/mol. The first-order valence-corrected chi connectivity index (χ1v) is 5.59.